The van der Waals surface area contributed by atoms with Gasteiger partial charge in [0.2, 0.25) is 0 Å². The summed E-state index contributed by atoms with van der Waals surface area (Å²) in [5, 5.41) is 8.80. The second-order valence-electron chi connectivity index (χ2n) is 9.34. The Morgan fingerprint density at radius 3 is 1.51 bits per heavy atom. The topological polar surface area (TPSA) is 0 Å². The predicted molar refractivity (Wildman–Crippen MR) is 164 cm³/mol. The molecule has 4 aromatic rings. The van der Waals surface area contributed by atoms with E-state index in [1.54, 1.807) is 10.6 Å². The molecule has 0 aliphatic carbocycles. The van der Waals surface area contributed by atoms with E-state index < -0.39 is 20.8 Å². The molecule has 0 N–H and O–H groups in total. The van der Waals surface area contributed by atoms with Crippen LogP contribution in [0, 0.1) is 0 Å². The van der Waals surface area contributed by atoms with Crippen LogP contribution in [0.1, 0.15) is 54.4 Å². The van der Waals surface area contributed by atoms with Crippen LogP contribution in [-0.2, 0) is 20.8 Å². The van der Waals surface area contributed by atoms with Gasteiger partial charge in [0.05, 0.1) is 0 Å². The van der Waals surface area contributed by atoms with Gasteiger partial charge < -0.3 is 0 Å². The van der Waals surface area contributed by atoms with Crippen molar-refractivity contribution >= 4 is 65.0 Å². The van der Waals surface area contributed by atoms with E-state index in [1.807, 2.05) is 0 Å². The maximum absolute atomic E-state index is 4.93. The van der Waals surface area contributed by atoms with Crippen LogP contribution in [0.2, 0.25) is 0 Å². The molecule has 35 heavy (non-hydrogen) atoms. The first-order valence-electron chi connectivity index (χ1n) is 12.7. The van der Waals surface area contributed by atoms with Gasteiger partial charge in [-0.15, -0.1) is 80.7 Å². The molecule has 4 rings (SSSR count). The molecule has 0 aromatic heterocycles. The monoisotopic (exact) mass is 622 g/mol. The van der Waals surface area contributed by atoms with Crippen molar-refractivity contribution in [1.82, 2.24) is 0 Å². The zero-order valence-electron chi connectivity index (χ0n) is 22.1. The van der Waals surface area contributed by atoms with E-state index in [1.165, 1.54) is 46.7 Å². The van der Waals surface area contributed by atoms with Gasteiger partial charge in [-0.3, -0.25) is 0 Å². The molecule has 0 saturated heterocycles. The van der Waals surface area contributed by atoms with Gasteiger partial charge in [0, 0.05) is 0 Å². The van der Waals surface area contributed by atoms with Gasteiger partial charge in [-0.1, -0.05) is 82.4 Å². The Morgan fingerprint density at radius 2 is 1.11 bits per heavy atom. The molecular weight excluding hydrogens is 584 g/mol. The minimum absolute atomic E-state index is 0.0206. The van der Waals surface area contributed by atoms with Gasteiger partial charge in [-0.2, -0.15) is 12.1 Å². The fraction of sp³-hybridized carbons (Fsp3) is 0.400. The van der Waals surface area contributed by atoms with Crippen molar-refractivity contribution in [2.45, 2.75) is 65.7 Å². The molecule has 0 aliphatic heterocycles. The third-order valence-electron chi connectivity index (χ3n) is 5.97. The SMILES string of the molecule is CC(C)P(c1cc2ccccc2[cH-]1)C(C)C.CCCP(CCC)c1cc2ccccc2[cH-]1.[Cl][Zr+2][Cl]. The summed E-state index contributed by atoms with van der Waals surface area (Å²) in [6, 6.07) is 27.0. The van der Waals surface area contributed by atoms with Crippen molar-refractivity contribution in [1.29, 1.82) is 0 Å². The molecular formula is C30H40Cl2P2Zr. The van der Waals surface area contributed by atoms with E-state index >= 15 is 0 Å². The molecule has 5 heteroatoms. The van der Waals surface area contributed by atoms with Gasteiger partial charge in [0.1, 0.15) is 0 Å². The van der Waals surface area contributed by atoms with Gasteiger partial charge in [0.15, 0.2) is 0 Å². The summed E-state index contributed by atoms with van der Waals surface area (Å²) >= 11 is -0.826. The number of fused-ring (bicyclic) bond motifs is 2. The van der Waals surface area contributed by atoms with Crippen LogP contribution in [0.5, 0.6) is 0 Å². The fourth-order valence-electron chi connectivity index (χ4n) is 4.70. The third-order valence-corrected chi connectivity index (χ3v) is 12.0. The van der Waals surface area contributed by atoms with Gasteiger partial charge in [-0.25, -0.2) is 0 Å². The summed E-state index contributed by atoms with van der Waals surface area (Å²) < 4.78 is 0. The van der Waals surface area contributed by atoms with Crippen LogP contribution in [0.15, 0.2) is 72.8 Å². The summed E-state index contributed by atoms with van der Waals surface area (Å²) in [7, 11) is 9.94. The molecule has 4 aromatic carbocycles. The Morgan fingerprint density at radius 1 is 0.714 bits per heavy atom. The minimum atomic E-state index is -0.826. The summed E-state index contributed by atoms with van der Waals surface area (Å²) in [5.41, 5.74) is 1.54. The molecule has 0 radical (unpaired) electrons. The van der Waals surface area contributed by atoms with E-state index in [9.17, 15) is 0 Å². The van der Waals surface area contributed by atoms with Crippen LogP contribution >= 0.6 is 32.9 Å². The van der Waals surface area contributed by atoms with Crippen molar-refractivity contribution < 1.29 is 20.8 Å². The number of halogens is 2. The Kier molecular flexibility index (Phi) is 14.9. The first-order valence-corrected chi connectivity index (χ1v) is 22.2. The number of rotatable bonds is 8. The molecule has 0 bridgehead atoms. The molecule has 0 amide bonds. The summed E-state index contributed by atoms with van der Waals surface area (Å²) in [5.74, 6) is 0. The van der Waals surface area contributed by atoms with Crippen LogP contribution in [0.4, 0.5) is 0 Å². The standard InChI is InChI=1S/2C15H20P.2ClH.Zr/c1-11(2)16(12(3)4)15-9-13-7-5-6-8-14(13)10-15;1-3-9-16(10-4-2)15-11-13-7-5-6-8-14(13)12-15;;;/h5-12H,1-4H3;5-8,11-12H,3-4,9-10H2,1-2H3;2*1H;/q2*-1;;;+4/p-2. The quantitative estimate of drug-likeness (QED) is 0.135. The third kappa shape index (κ3) is 9.66. The molecule has 0 heterocycles. The molecule has 0 unspecified atom stereocenters. The molecule has 0 atom stereocenters. The van der Waals surface area contributed by atoms with Gasteiger partial charge in [0.25, 0.3) is 0 Å². The van der Waals surface area contributed by atoms with Crippen LogP contribution in [0.25, 0.3) is 21.5 Å². The second-order valence-corrected chi connectivity index (χ2v) is 19.0. The second kappa shape index (κ2) is 16.7. The van der Waals surface area contributed by atoms with Crippen molar-refractivity contribution in [3.05, 3.63) is 72.8 Å². The van der Waals surface area contributed by atoms with Crippen molar-refractivity contribution in [3.8, 4) is 0 Å². The number of hydrogen-bond acceptors (Lipinski definition) is 0. The van der Waals surface area contributed by atoms with Crippen LogP contribution in [-0.4, -0.2) is 23.6 Å². The molecule has 0 nitrogen and oxygen atoms in total. The zero-order valence-corrected chi connectivity index (χ0v) is 27.8. The normalized spacial score (nSPS) is 11.1. The Labute approximate surface area is 235 Å². The van der Waals surface area contributed by atoms with Crippen LogP contribution < -0.4 is 10.6 Å². The summed E-state index contributed by atoms with van der Waals surface area (Å²) in [4.78, 5) is 0. The summed E-state index contributed by atoms with van der Waals surface area (Å²) in [6.07, 6.45) is 5.40. The molecule has 0 fully saturated rings. The Bertz CT molecular complexity index is 1040. The molecule has 0 saturated carbocycles. The van der Waals surface area contributed by atoms with Crippen LogP contribution in [0.3, 0.4) is 0 Å². The Balaban J connectivity index is 0.000000222. The summed E-state index contributed by atoms with van der Waals surface area (Å²) in [6.45, 7) is 14.0. The zero-order chi connectivity index (χ0) is 25.8. The average molecular weight is 625 g/mol. The van der Waals surface area contributed by atoms with E-state index in [-0.39, 0.29) is 15.8 Å². The molecule has 0 aliphatic rings. The van der Waals surface area contributed by atoms with Crippen molar-refractivity contribution in [3.63, 3.8) is 0 Å². The van der Waals surface area contributed by atoms with Crippen molar-refractivity contribution in [2.75, 3.05) is 12.3 Å². The van der Waals surface area contributed by atoms with E-state index in [4.69, 9.17) is 17.0 Å². The fourth-order valence-corrected chi connectivity index (χ4v) is 10.1. The molecule has 188 valence electrons. The number of hydrogen-bond donors (Lipinski definition) is 0. The number of benzene rings is 2. The Hall–Kier alpha value is -0.0169. The van der Waals surface area contributed by atoms with Gasteiger partial charge >= 0.3 is 37.9 Å². The van der Waals surface area contributed by atoms with E-state index in [0.717, 1.165) is 11.3 Å². The first-order chi connectivity index (χ1) is 16.9. The predicted octanol–water partition coefficient (Wildman–Crippen LogP) is 10.3. The average Bonchev–Trinajstić information content (AvgIpc) is 3.43. The van der Waals surface area contributed by atoms with Crippen molar-refractivity contribution in [2.24, 2.45) is 0 Å². The van der Waals surface area contributed by atoms with E-state index in [2.05, 4.69) is 114 Å². The van der Waals surface area contributed by atoms with E-state index in [0.29, 0.717) is 0 Å². The maximum atomic E-state index is 4.93. The first kappa shape index (κ1) is 31.2. The van der Waals surface area contributed by atoms with Gasteiger partial charge in [-0.05, 0) is 23.6 Å². The molecule has 0 spiro atoms.